The summed E-state index contributed by atoms with van der Waals surface area (Å²) >= 11 is 0. The second-order valence-corrected chi connectivity index (χ2v) is 9.48. The number of amides is 1. The summed E-state index contributed by atoms with van der Waals surface area (Å²) in [5.74, 6) is 2.03. The highest BCUT2D eigenvalue weighted by Gasteiger charge is 2.28. The molecule has 1 N–H and O–H groups in total. The molecule has 0 bridgehead atoms. The molecule has 6 heteroatoms. The van der Waals surface area contributed by atoms with E-state index in [9.17, 15) is 4.79 Å². The molecule has 0 fully saturated rings. The fraction of sp³-hybridized carbons (Fsp3) is 0.393. The fourth-order valence-corrected chi connectivity index (χ4v) is 4.78. The molecule has 34 heavy (non-hydrogen) atoms. The van der Waals surface area contributed by atoms with E-state index in [-0.39, 0.29) is 17.1 Å². The topological polar surface area (TPSA) is 69.9 Å². The number of ether oxygens (including phenoxy) is 3. The van der Waals surface area contributed by atoms with E-state index in [4.69, 9.17) is 18.6 Å². The Kier molecular flexibility index (Phi) is 6.60. The number of rotatable bonds is 7. The maximum atomic E-state index is 13.0. The Balaban J connectivity index is 1.56. The van der Waals surface area contributed by atoms with Gasteiger partial charge in [-0.25, -0.2) is 0 Å². The van der Waals surface area contributed by atoms with Crippen molar-refractivity contribution in [3.05, 3.63) is 70.2 Å². The third-order valence-electron chi connectivity index (χ3n) is 6.74. The lowest BCUT2D eigenvalue weighted by Crippen LogP contribution is -2.24. The van der Waals surface area contributed by atoms with Crippen LogP contribution in [0, 0.1) is 6.92 Å². The van der Waals surface area contributed by atoms with Crippen molar-refractivity contribution in [1.82, 2.24) is 0 Å². The van der Waals surface area contributed by atoms with Gasteiger partial charge >= 0.3 is 0 Å². The van der Waals surface area contributed by atoms with Gasteiger partial charge in [-0.1, -0.05) is 26.0 Å². The lowest BCUT2D eigenvalue weighted by atomic mass is 9.71. The normalized spacial score (nSPS) is 14.3. The first kappa shape index (κ1) is 23.7. The average molecular weight is 464 g/mol. The number of benzene rings is 2. The van der Waals surface area contributed by atoms with Gasteiger partial charge in [0.2, 0.25) is 0 Å². The molecule has 0 radical (unpaired) electrons. The zero-order valence-electron chi connectivity index (χ0n) is 20.8. The quantitative estimate of drug-likeness (QED) is 0.460. The summed E-state index contributed by atoms with van der Waals surface area (Å²) in [4.78, 5) is 13.0. The first-order valence-corrected chi connectivity index (χ1v) is 11.6. The molecule has 1 aliphatic carbocycles. The van der Waals surface area contributed by atoms with Gasteiger partial charge in [0.15, 0.2) is 5.76 Å². The maximum Gasteiger partial charge on any atom is 0.291 e. The lowest BCUT2D eigenvalue weighted by molar-refractivity contribution is 0.0994. The molecular weight excluding hydrogens is 430 g/mol. The van der Waals surface area contributed by atoms with Crippen molar-refractivity contribution >= 4 is 11.6 Å². The molecule has 1 heterocycles. The highest BCUT2D eigenvalue weighted by Crippen LogP contribution is 2.40. The van der Waals surface area contributed by atoms with Gasteiger partial charge in [0.05, 0.1) is 21.3 Å². The van der Waals surface area contributed by atoms with Gasteiger partial charge in [-0.05, 0) is 66.0 Å². The van der Waals surface area contributed by atoms with E-state index in [1.807, 2.05) is 6.07 Å². The summed E-state index contributed by atoms with van der Waals surface area (Å²) in [6.45, 7) is 6.79. The Hall–Kier alpha value is -3.41. The first-order valence-electron chi connectivity index (χ1n) is 11.6. The van der Waals surface area contributed by atoms with Gasteiger partial charge in [0, 0.05) is 18.6 Å². The zero-order valence-corrected chi connectivity index (χ0v) is 20.8. The van der Waals surface area contributed by atoms with E-state index in [0.29, 0.717) is 29.4 Å². The van der Waals surface area contributed by atoms with Crippen LogP contribution in [-0.2, 0) is 18.3 Å². The second kappa shape index (κ2) is 9.45. The third-order valence-corrected chi connectivity index (χ3v) is 6.74. The van der Waals surface area contributed by atoms with Crippen LogP contribution in [0.4, 0.5) is 5.69 Å². The van der Waals surface area contributed by atoms with Crippen molar-refractivity contribution in [2.24, 2.45) is 0 Å². The van der Waals surface area contributed by atoms with E-state index in [1.54, 1.807) is 25.3 Å². The molecule has 3 aromatic rings. The zero-order chi connectivity index (χ0) is 24.5. The number of carbonyl (C=O) groups is 1. The average Bonchev–Trinajstić information content (AvgIpc) is 3.28. The molecule has 0 unspecified atom stereocenters. The van der Waals surface area contributed by atoms with E-state index in [2.05, 4.69) is 38.2 Å². The van der Waals surface area contributed by atoms with Gasteiger partial charge < -0.3 is 23.9 Å². The van der Waals surface area contributed by atoms with E-state index >= 15 is 0 Å². The van der Waals surface area contributed by atoms with Crippen molar-refractivity contribution in [2.75, 3.05) is 26.6 Å². The fourth-order valence-electron chi connectivity index (χ4n) is 4.78. The molecule has 1 aromatic heterocycles. The Morgan fingerprint density at radius 3 is 2.38 bits per heavy atom. The molecule has 2 aromatic carbocycles. The van der Waals surface area contributed by atoms with Crippen LogP contribution in [0.2, 0.25) is 0 Å². The molecule has 180 valence electrons. The summed E-state index contributed by atoms with van der Waals surface area (Å²) in [6, 6.07) is 11.6. The van der Waals surface area contributed by atoms with Crippen LogP contribution in [0.3, 0.4) is 0 Å². The summed E-state index contributed by atoms with van der Waals surface area (Å²) in [7, 11) is 4.61. The van der Waals surface area contributed by atoms with Gasteiger partial charge in [-0.3, -0.25) is 4.79 Å². The van der Waals surface area contributed by atoms with Crippen LogP contribution >= 0.6 is 0 Å². The van der Waals surface area contributed by atoms with Gasteiger partial charge in [0.25, 0.3) is 5.91 Å². The van der Waals surface area contributed by atoms with E-state index in [0.717, 1.165) is 12.2 Å². The smallest absolute Gasteiger partial charge is 0.291 e. The van der Waals surface area contributed by atoms with Crippen molar-refractivity contribution in [1.29, 1.82) is 0 Å². The maximum absolute atomic E-state index is 13.0. The number of fused-ring (bicyclic) bond motifs is 1. The predicted molar refractivity (Wildman–Crippen MR) is 133 cm³/mol. The number of anilines is 1. The SMILES string of the molecule is COc1cc(OC)c(NC(=O)c2ccc(Cc3cc4c(cc3C)CCCC4(C)C)o2)c(OC)c1. The van der Waals surface area contributed by atoms with Crippen LogP contribution in [0.25, 0.3) is 0 Å². The van der Waals surface area contributed by atoms with Crippen LogP contribution in [0.1, 0.15) is 65.3 Å². The Morgan fingerprint density at radius 1 is 1.03 bits per heavy atom. The Bertz CT molecular complexity index is 1180. The van der Waals surface area contributed by atoms with Crippen molar-refractivity contribution in [2.45, 2.75) is 51.9 Å². The number of hydrogen-bond donors (Lipinski definition) is 1. The Labute approximate surface area is 201 Å². The highest BCUT2D eigenvalue weighted by atomic mass is 16.5. The minimum absolute atomic E-state index is 0.181. The molecule has 1 aliphatic rings. The molecule has 0 atom stereocenters. The van der Waals surface area contributed by atoms with Crippen LogP contribution in [0.15, 0.2) is 40.8 Å². The van der Waals surface area contributed by atoms with Crippen LogP contribution in [0.5, 0.6) is 17.2 Å². The molecular formula is C28H33NO5. The van der Waals surface area contributed by atoms with Crippen LogP contribution < -0.4 is 19.5 Å². The van der Waals surface area contributed by atoms with Crippen molar-refractivity contribution in [3.63, 3.8) is 0 Å². The third kappa shape index (κ3) is 4.63. The summed E-state index contributed by atoms with van der Waals surface area (Å²) < 4.78 is 22.1. The Morgan fingerprint density at radius 2 is 1.74 bits per heavy atom. The largest absolute Gasteiger partial charge is 0.496 e. The number of nitrogens with one attached hydrogen (secondary N) is 1. The lowest BCUT2D eigenvalue weighted by Gasteiger charge is -2.33. The molecule has 0 spiro atoms. The monoisotopic (exact) mass is 463 g/mol. The minimum atomic E-state index is -0.378. The van der Waals surface area contributed by atoms with Gasteiger partial charge in [-0.2, -0.15) is 0 Å². The molecule has 4 rings (SSSR count). The second-order valence-electron chi connectivity index (χ2n) is 9.48. The highest BCUT2D eigenvalue weighted by molar-refractivity contribution is 6.04. The number of furan rings is 1. The number of methoxy groups -OCH3 is 3. The van der Waals surface area contributed by atoms with Crippen molar-refractivity contribution in [3.8, 4) is 17.2 Å². The van der Waals surface area contributed by atoms with Crippen LogP contribution in [-0.4, -0.2) is 27.2 Å². The molecule has 0 aliphatic heterocycles. The summed E-state index contributed by atoms with van der Waals surface area (Å²) in [6.07, 6.45) is 4.21. The van der Waals surface area contributed by atoms with Crippen molar-refractivity contribution < 1.29 is 23.4 Å². The predicted octanol–water partition coefficient (Wildman–Crippen LogP) is 6.07. The van der Waals surface area contributed by atoms with Gasteiger partial charge in [0.1, 0.15) is 28.7 Å². The van der Waals surface area contributed by atoms with E-state index in [1.165, 1.54) is 49.3 Å². The number of aryl methyl sites for hydroxylation is 2. The first-order chi connectivity index (χ1) is 16.2. The summed E-state index contributed by atoms with van der Waals surface area (Å²) in [5.41, 5.74) is 5.98. The standard InChI is InChI=1S/C28H33NO5/c1-17-12-18-8-7-11-28(2,3)22(18)14-19(17)13-20-9-10-23(34-20)27(30)29-26-24(32-5)15-21(31-4)16-25(26)33-6/h9-10,12,14-16H,7-8,11,13H2,1-6H3,(H,29,30). The number of hydrogen-bond acceptors (Lipinski definition) is 5. The minimum Gasteiger partial charge on any atom is -0.496 e. The van der Waals surface area contributed by atoms with E-state index < -0.39 is 0 Å². The van der Waals surface area contributed by atoms with Gasteiger partial charge in [-0.15, -0.1) is 0 Å². The number of carbonyl (C=O) groups excluding carboxylic acids is 1. The molecule has 0 saturated heterocycles. The molecule has 0 saturated carbocycles. The molecule has 1 amide bonds. The molecule has 6 nitrogen and oxygen atoms in total. The summed E-state index contributed by atoms with van der Waals surface area (Å²) in [5, 5.41) is 2.85.